The lowest BCUT2D eigenvalue weighted by Crippen LogP contribution is -2.12. The first-order chi connectivity index (χ1) is 10.9. The van der Waals surface area contributed by atoms with Gasteiger partial charge in [0.25, 0.3) is 5.91 Å². The van der Waals surface area contributed by atoms with Crippen molar-refractivity contribution in [3.8, 4) is 5.75 Å². The van der Waals surface area contributed by atoms with Crippen LogP contribution in [0.25, 0.3) is 0 Å². The normalized spacial score (nSPS) is 10.3. The van der Waals surface area contributed by atoms with E-state index in [0.29, 0.717) is 11.4 Å². The van der Waals surface area contributed by atoms with Crippen LogP contribution in [0.4, 0.5) is 20.2 Å². The molecule has 0 spiro atoms. The number of rotatable bonds is 5. The summed E-state index contributed by atoms with van der Waals surface area (Å²) < 4.78 is 28.6. The second kappa shape index (κ2) is 7.35. The molecule has 5 nitrogen and oxygen atoms in total. The van der Waals surface area contributed by atoms with E-state index in [9.17, 15) is 18.4 Å². The molecule has 0 bridgehead atoms. The van der Waals surface area contributed by atoms with E-state index in [2.05, 4.69) is 15.4 Å². The van der Waals surface area contributed by atoms with E-state index in [4.69, 9.17) is 0 Å². The molecule has 0 saturated heterocycles. The predicted octanol–water partition coefficient (Wildman–Crippen LogP) is 3.50. The van der Waals surface area contributed by atoms with Crippen molar-refractivity contribution in [3.63, 3.8) is 0 Å². The van der Waals surface area contributed by atoms with Gasteiger partial charge in [0.15, 0.2) is 0 Å². The van der Waals surface area contributed by atoms with Crippen LogP contribution in [0, 0.1) is 0 Å². The second-order valence-corrected chi connectivity index (χ2v) is 4.62. The van der Waals surface area contributed by atoms with Gasteiger partial charge in [-0.05, 0) is 42.5 Å². The molecular weight excluding hydrogens is 306 g/mol. The highest BCUT2D eigenvalue weighted by atomic mass is 19.3. The highest BCUT2D eigenvalue weighted by Gasteiger charge is 2.10. The third-order valence-corrected chi connectivity index (χ3v) is 2.78. The largest absolute Gasteiger partial charge is 0.435 e. The van der Waals surface area contributed by atoms with Crippen molar-refractivity contribution in [1.29, 1.82) is 0 Å². The van der Waals surface area contributed by atoms with Gasteiger partial charge in [-0.2, -0.15) is 8.78 Å². The summed E-state index contributed by atoms with van der Waals surface area (Å²) >= 11 is 0. The molecule has 0 aliphatic carbocycles. The maximum atomic E-state index is 12.2. The van der Waals surface area contributed by atoms with Gasteiger partial charge in [0, 0.05) is 23.9 Å². The molecule has 0 fully saturated rings. The molecule has 2 rings (SSSR count). The van der Waals surface area contributed by atoms with Crippen LogP contribution in [-0.4, -0.2) is 18.4 Å². The minimum Gasteiger partial charge on any atom is -0.435 e. The Morgan fingerprint density at radius 3 is 2.17 bits per heavy atom. The molecule has 0 radical (unpaired) electrons. The van der Waals surface area contributed by atoms with Crippen LogP contribution in [0.15, 0.2) is 48.5 Å². The van der Waals surface area contributed by atoms with Crippen molar-refractivity contribution in [1.82, 2.24) is 0 Å². The van der Waals surface area contributed by atoms with Crippen molar-refractivity contribution in [3.05, 3.63) is 54.1 Å². The molecule has 0 aromatic heterocycles. The molecule has 120 valence electrons. The Balaban J connectivity index is 2.05. The molecule has 0 aliphatic rings. The molecule has 7 heteroatoms. The van der Waals surface area contributed by atoms with Gasteiger partial charge in [-0.25, -0.2) is 0 Å². The fourth-order valence-corrected chi connectivity index (χ4v) is 1.86. The number of hydrogen-bond acceptors (Lipinski definition) is 3. The smallest absolute Gasteiger partial charge is 0.387 e. The topological polar surface area (TPSA) is 67.4 Å². The zero-order valence-corrected chi connectivity index (χ0v) is 12.2. The van der Waals surface area contributed by atoms with E-state index >= 15 is 0 Å². The Kier molecular flexibility index (Phi) is 5.24. The number of benzene rings is 2. The number of amides is 2. The zero-order chi connectivity index (χ0) is 16.8. The van der Waals surface area contributed by atoms with Crippen molar-refractivity contribution in [2.45, 2.75) is 13.5 Å². The van der Waals surface area contributed by atoms with Crippen LogP contribution in [0.5, 0.6) is 5.75 Å². The SMILES string of the molecule is CC(=O)Nc1ccc(NC(=O)c2cccc(OC(F)F)c2)cc1. The minimum absolute atomic E-state index is 0.0892. The molecule has 0 atom stereocenters. The van der Waals surface area contributed by atoms with Crippen LogP contribution in [0.3, 0.4) is 0 Å². The molecule has 2 aromatic rings. The molecule has 2 N–H and O–H groups in total. The molecule has 0 unspecified atom stereocenters. The van der Waals surface area contributed by atoms with E-state index in [1.165, 1.54) is 31.2 Å². The zero-order valence-electron chi connectivity index (χ0n) is 12.2. The first-order valence-corrected chi connectivity index (χ1v) is 6.68. The second-order valence-electron chi connectivity index (χ2n) is 4.62. The van der Waals surface area contributed by atoms with Gasteiger partial charge in [0.1, 0.15) is 5.75 Å². The maximum absolute atomic E-state index is 12.2. The first kappa shape index (κ1) is 16.4. The van der Waals surface area contributed by atoms with Crippen molar-refractivity contribution in [2.75, 3.05) is 10.6 Å². The Morgan fingerprint density at radius 2 is 1.61 bits per heavy atom. The Labute approximate surface area is 131 Å². The lowest BCUT2D eigenvalue weighted by Gasteiger charge is -2.09. The van der Waals surface area contributed by atoms with Crippen LogP contribution < -0.4 is 15.4 Å². The number of alkyl halides is 2. The fraction of sp³-hybridized carbons (Fsp3) is 0.125. The molecule has 2 amide bonds. The third kappa shape index (κ3) is 5.06. The van der Waals surface area contributed by atoms with Gasteiger partial charge >= 0.3 is 6.61 Å². The maximum Gasteiger partial charge on any atom is 0.387 e. The number of halogens is 2. The highest BCUT2D eigenvalue weighted by molar-refractivity contribution is 6.04. The average molecular weight is 320 g/mol. The third-order valence-electron chi connectivity index (χ3n) is 2.78. The summed E-state index contributed by atoms with van der Waals surface area (Å²) in [6.45, 7) is -1.56. The Morgan fingerprint density at radius 1 is 1.00 bits per heavy atom. The molecule has 0 saturated carbocycles. The van der Waals surface area contributed by atoms with Crippen molar-refractivity contribution < 1.29 is 23.1 Å². The Bertz CT molecular complexity index is 703. The molecule has 0 aliphatic heterocycles. The van der Waals surface area contributed by atoms with Crippen LogP contribution >= 0.6 is 0 Å². The van der Waals surface area contributed by atoms with Crippen LogP contribution in [0.2, 0.25) is 0 Å². The van der Waals surface area contributed by atoms with Gasteiger partial charge in [0.05, 0.1) is 0 Å². The summed E-state index contributed by atoms with van der Waals surface area (Å²) in [6.07, 6.45) is 0. The Hall–Kier alpha value is -2.96. The summed E-state index contributed by atoms with van der Waals surface area (Å²) in [6, 6.07) is 12.0. The van der Waals surface area contributed by atoms with Gasteiger partial charge in [0.2, 0.25) is 5.91 Å². The number of nitrogens with one attached hydrogen (secondary N) is 2. The number of anilines is 2. The van der Waals surface area contributed by atoms with Gasteiger partial charge in [-0.3, -0.25) is 9.59 Å². The summed E-state index contributed by atoms with van der Waals surface area (Å²) in [7, 11) is 0. The molecule has 0 heterocycles. The predicted molar refractivity (Wildman–Crippen MR) is 81.8 cm³/mol. The van der Waals surface area contributed by atoms with Crippen molar-refractivity contribution >= 4 is 23.2 Å². The molecular formula is C16H14F2N2O3. The molecule has 2 aromatic carbocycles. The first-order valence-electron chi connectivity index (χ1n) is 6.68. The summed E-state index contributed by atoms with van der Waals surface area (Å²) in [4.78, 5) is 23.0. The van der Waals surface area contributed by atoms with Gasteiger partial charge < -0.3 is 15.4 Å². The van der Waals surface area contributed by atoms with E-state index < -0.39 is 12.5 Å². The van der Waals surface area contributed by atoms with E-state index in [1.54, 1.807) is 24.3 Å². The fourth-order valence-electron chi connectivity index (χ4n) is 1.86. The lowest BCUT2D eigenvalue weighted by atomic mass is 10.2. The number of hydrogen-bond donors (Lipinski definition) is 2. The highest BCUT2D eigenvalue weighted by Crippen LogP contribution is 2.18. The standard InChI is InChI=1S/C16H14F2N2O3/c1-10(21)19-12-5-7-13(8-6-12)20-15(22)11-3-2-4-14(9-11)23-16(17)18/h2-9,16H,1H3,(H,19,21)(H,20,22). The minimum atomic E-state index is -2.95. The van der Waals surface area contributed by atoms with Crippen LogP contribution in [0.1, 0.15) is 17.3 Å². The quantitative estimate of drug-likeness (QED) is 0.886. The number of ether oxygens (including phenoxy) is 1. The van der Waals surface area contributed by atoms with E-state index in [1.807, 2.05) is 0 Å². The van der Waals surface area contributed by atoms with E-state index in [-0.39, 0.29) is 17.2 Å². The summed E-state index contributed by atoms with van der Waals surface area (Å²) in [5, 5.41) is 5.23. The monoisotopic (exact) mass is 320 g/mol. The summed E-state index contributed by atoms with van der Waals surface area (Å²) in [5.74, 6) is -0.747. The van der Waals surface area contributed by atoms with Gasteiger partial charge in [-0.1, -0.05) is 6.07 Å². The molecule has 23 heavy (non-hydrogen) atoms. The number of carbonyl (C=O) groups excluding carboxylic acids is 2. The van der Waals surface area contributed by atoms with Crippen molar-refractivity contribution in [2.24, 2.45) is 0 Å². The van der Waals surface area contributed by atoms with Crippen LogP contribution in [-0.2, 0) is 4.79 Å². The number of carbonyl (C=O) groups is 2. The van der Waals surface area contributed by atoms with E-state index in [0.717, 1.165) is 0 Å². The lowest BCUT2D eigenvalue weighted by molar-refractivity contribution is -0.114. The summed E-state index contributed by atoms with van der Waals surface area (Å²) in [5.41, 5.74) is 1.29. The average Bonchev–Trinajstić information content (AvgIpc) is 2.48. The van der Waals surface area contributed by atoms with Gasteiger partial charge in [-0.15, -0.1) is 0 Å².